The van der Waals surface area contributed by atoms with Gasteiger partial charge in [0.2, 0.25) is 0 Å². The third kappa shape index (κ3) is 5.74. The molecule has 1 aliphatic rings. The molecule has 2 heterocycles. The third-order valence-corrected chi connectivity index (χ3v) is 8.70. The second-order valence-electron chi connectivity index (χ2n) is 10.4. The van der Waals surface area contributed by atoms with E-state index in [0.717, 1.165) is 21.9 Å². The van der Waals surface area contributed by atoms with Crippen LogP contribution in [-0.2, 0) is 16.1 Å². The lowest BCUT2D eigenvalue weighted by atomic mass is 9.94. The van der Waals surface area contributed by atoms with E-state index < -0.39 is 12.0 Å². The average molecular weight is 621 g/mol. The number of allylic oxidation sites excluding steroid dienone is 1. The Kier molecular flexibility index (Phi) is 8.53. The number of nitrogens with zero attached hydrogens (tertiary/aromatic N) is 2. The first kappa shape index (κ1) is 29.9. The molecule has 0 saturated carbocycles. The van der Waals surface area contributed by atoms with Crippen molar-refractivity contribution in [1.82, 2.24) is 4.57 Å². The number of methoxy groups -OCH3 is 2. The number of aromatic nitrogens is 1. The first-order chi connectivity index (χ1) is 21.9. The maximum absolute atomic E-state index is 14.2. The number of hydrogen-bond donors (Lipinski definition) is 0. The topological polar surface area (TPSA) is 88.4 Å². The number of fused-ring (bicyclic) bond motifs is 2. The monoisotopic (exact) mass is 620 g/mol. The summed E-state index contributed by atoms with van der Waals surface area (Å²) in [6, 6.07) is 26.4. The average Bonchev–Trinajstić information content (AvgIpc) is 3.37. The Balaban J connectivity index is 1.46. The van der Waals surface area contributed by atoms with E-state index in [-0.39, 0.29) is 17.7 Å². The Bertz CT molecular complexity index is 2120. The van der Waals surface area contributed by atoms with Crippen molar-refractivity contribution in [2.75, 3.05) is 20.8 Å². The van der Waals surface area contributed by atoms with Crippen LogP contribution in [0.4, 0.5) is 0 Å². The molecule has 0 amide bonds. The molecule has 1 aromatic heterocycles. The lowest BCUT2D eigenvalue weighted by molar-refractivity contribution is -0.139. The molecule has 0 N–H and O–H groups in total. The fourth-order valence-corrected chi connectivity index (χ4v) is 6.62. The van der Waals surface area contributed by atoms with Crippen LogP contribution in [0.5, 0.6) is 17.2 Å². The molecular formula is C36H32N2O6S. The van der Waals surface area contributed by atoms with Gasteiger partial charge in [-0.2, -0.15) is 0 Å². The predicted molar refractivity (Wildman–Crippen MR) is 175 cm³/mol. The van der Waals surface area contributed by atoms with Crippen molar-refractivity contribution in [2.45, 2.75) is 26.5 Å². The summed E-state index contributed by atoms with van der Waals surface area (Å²) < 4.78 is 24.9. The summed E-state index contributed by atoms with van der Waals surface area (Å²) in [6.45, 7) is 4.03. The predicted octanol–water partition coefficient (Wildman–Crippen LogP) is 5.55. The van der Waals surface area contributed by atoms with Gasteiger partial charge in [-0.05, 0) is 60.5 Å². The van der Waals surface area contributed by atoms with Crippen LogP contribution in [0, 0.1) is 0 Å². The number of para-hydroxylation sites is 1. The number of rotatable bonds is 9. The van der Waals surface area contributed by atoms with Gasteiger partial charge < -0.3 is 18.9 Å². The summed E-state index contributed by atoms with van der Waals surface area (Å²) >= 11 is 1.25. The Morgan fingerprint density at radius 2 is 1.73 bits per heavy atom. The van der Waals surface area contributed by atoms with Crippen LogP contribution in [-0.4, -0.2) is 31.4 Å². The Labute approximate surface area is 264 Å². The molecule has 0 bridgehead atoms. The van der Waals surface area contributed by atoms with Gasteiger partial charge in [0.25, 0.3) is 5.56 Å². The minimum Gasteiger partial charge on any atom is -0.497 e. The number of carbonyl (C=O) groups is 1. The zero-order chi connectivity index (χ0) is 31.5. The molecule has 1 aliphatic heterocycles. The van der Waals surface area contributed by atoms with E-state index in [2.05, 4.69) is 24.3 Å². The third-order valence-electron chi connectivity index (χ3n) is 7.72. The van der Waals surface area contributed by atoms with Gasteiger partial charge >= 0.3 is 5.97 Å². The van der Waals surface area contributed by atoms with Crippen LogP contribution < -0.4 is 29.1 Å². The zero-order valence-corrected chi connectivity index (χ0v) is 26.2. The minimum absolute atomic E-state index is 0.178. The Hall–Kier alpha value is -5.15. The normalized spacial score (nSPS) is 14.6. The lowest BCUT2D eigenvalue weighted by Crippen LogP contribution is -2.40. The molecule has 228 valence electrons. The quantitative estimate of drug-likeness (QED) is 0.201. The van der Waals surface area contributed by atoms with Crippen molar-refractivity contribution in [3.8, 4) is 17.2 Å². The highest BCUT2D eigenvalue weighted by molar-refractivity contribution is 7.07. The van der Waals surface area contributed by atoms with Gasteiger partial charge in [0.15, 0.2) is 4.80 Å². The molecule has 6 rings (SSSR count). The summed E-state index contributed by atoms with van der Waals surface area (Å²) in [5.74, 6) is 1.16. The Morgan fingerprint density at radius 1 is 0.956 bits per heavy atom. The van der Waals surface area contributed by atoms with Crippen LogP contribution in [0.15, 0.2) is 106 Å². The number of esters is 1. The smallest absolute Gasteiger partial charge is 0.338 e. The van der Waals surface area contributed by atoms with E-state index in [9.17, 15) is 9.59 Å². The summed E-state index contributed by atoms with van der Waals surface area (Å²) in [5.41, 5.74) is 2.83. The molecule has 1 atom stereocenters. The van der Waals surface area contributed by atoms with Gasteiger partial charge in [-0.25, -0.2) is 9.79 Å². The van der Waals surface area contributed by atoms with E-state index in [1.54, 1.807) is 46.3 Å². The number of benzene rings is 4. The van der Waals surface area contributed by atoms with Crippen LogP contribution in [0.3, 0.4) is 0 Å². The molecular weight excluding hydrogens is 588 g/mol. The lowest BCUT2D eigenvalue weighted by Gasteiger charge is -2.26. The fourth-order valence-electron chi connectivity index (χ4n) is 5.59. The maximum atomic E-state index is 14.2. The first-order valence-electron chi connectivity index (χ1n) is 14.5. The molecule has 45 heavy (non-hydrogen) atoms. The van der Waals surface area contributed by atoms with Crippen LogP contribution in [0.1, 0.15) is 36.6 Å². The van der Waals surface area contributed by atoms with E-state index in [0.29, 0.717) is 44.4 Å². The highest BCUT2D eigenvalue weighted by atomic mass is 32.1. The van der Waals surface area contributed by atoms with Crippen molar-refractivity contribution in [1.29, 1.82) is 0 Å². The highest BCUT2D eigenvalue weighted by Crippen LogP contribution is 2.38. The molecule has 9 heteroatoms. The van der Waals surface area contributed by atoms with Gasteiger partial charge in [-0.3, -0.25) is 9.36 Å². The standard InChI is InChI=1S/C36H32N2O6S/c1-5-43-35(40)32-22(2)37-36-38(33(32)28-20-26(41-3)17-18-30(28)42-4)34(39)31(45-36)19-24-12-7-9-16-29(24)44-21-25-14-10-13-23-11-6-8-15-27(23)25/h6-20,33H,5,21H2,1-4H3/b31-19-/t33-/m1/s1. The summed E-state index contributed by atoms with van der Waals surface area (Å²) in [7, 11) is 3.11. The van der Waals surface area contributed by atoms with Crippen LogP contribution in [0.25, 0.3) is 16.8 Å². The van der Waals surface area contributed by atoms with E-state index >= 15 is 0 Å². The summed E-state index contributed by atoms with van der Waals surface area (Å²) in [4.78, 5) is 32.7. The van der Waals surface area contributed by atoms with Crippen LogP contribution in [0.2, 0.25) is 0 Å². The molecule has 8 nitrogen and oxygen atoms in total. The van der Waals surface area contributed by atoms with Gasteiger partial charge in [-0.15, -0.1) is 0 Å². The Morgan fingerprint density at radius 3 is 2.53 bits per heavy atom. The number of thiazole rings is 1. The molecule has 0 saturated heterocycles. The van der Waals surface area contributed by atoms with E-state index in [1.807, 2.05) is 48.5 Å². The molecule has 0 fully saturated rings. The molecule has 0 aliphatic carbocycles. The van der Waals surface area contributed by atoms with Crippen molar-refractivity contribution in [3.63, 3.8) is 0 Å². The maximum Gasteiger partial charge on any atom is 0.338 e. The minimum atomic E-state index is -0.842. The first-order valence-corrected chi connectivity index (χ1v) is 15.3. The number of hydrogen-bond acceptors (Lipinski definition) is 8. The highest BCUT2D eigenvalue weighted by Gasteiger charge is 2.35. The molecule has 0 radical (unpaired) electrons. The van der Waals surface area contributed by atoms with Crippen molar-refractivity contribution < 1.29 is 23.7 Å². The number of ether oxygens (including phenoxy) is 4. The molecule has 4 aromatic carbocycles. The summed E-state index contributed by atoms with van der Waals surface area (Å²) in [6.07, 6.45) is 1.81. The molecule has 0 unspecified atom stereocenters. The van der Waals surface area contributed by atoms with Crippen LogP contribution >= 0.6 is 11.3 Å². The van der Waals surface area contributed by atoms with Gasteiger partial charge in [0.1, 0.15) is 29.9 Å². The van der Waals surface area contributed by atoms with Gasteiger partial charge in [0, 0.05) is 11.1 Å². The van der Waals surface area contributed by atoms with Crippen molar-refractivity contribution >= 4 is 34.2 Å². The number of carbonyl (C=O) groups excluding carboxylic acids is 1. The van der Waals surface area contributed by atoms with Crippen molar-refractivity contribution in [2.24, 2.45) is 4.99 Å². The van der Waals surface area contributed by atoms with E-state index in [4.69, 9.17) is 23.9 Å². The van der Waals surface area contributed by atoms with Gasteiger partial charge in [0.05, 0.1) is 36.6 Å². The van der Waals surface area contributed by atoms with Gasteiger partial charge in [-0.1, -0.05) is 72.0 Å². The van der Waals surface area contributed by atoms with E-state index in [1.165, 1.54) is 15.9 Å². The zero-order valence-electron chi connectivity index (χ0n) is 25.4. The molecule has 5 aromatic rings. The second-order valence-corrected chi connectivity index (χ2v) is 11.4. The van der Waals surface area contributed by atoms with Crippen molar-refractivity contribution in [3.05, 3.63) is 133 Å². The SMILES string of the molecule is CCOC(=O)C1=C(C)N=c2s/c(=C\c3ccccc3OCc3cccc4ccccc34)c(=O)n2[C@@H]1c1cc(OC)ccc1OC. The summed E-state index contributed by atoms with van der Waals surface area (Å²) in [5, 5.41) is 2.28. The molecule has 0 spiro atoms. The fraction of sp³-hybridized carbons (Fsp3) is 0.194. The largest absolute Gasteiger partial charge is 0.497 e. The second kappa shape index (κ2) is 12.8.